The first-order chi connectivity index (χ1) is 14.7. The topological polar surface area (TPSA) is 122 Å². The number of carbonyl (C=O) groups is 1. The normalized spacial score (nSPS) is 11.0. The maximum Gasteiger partial charge on any atom is 0.418 e. The summed E-state index contributed by atoms with van der Waals surface area (Å²) in [6.45, 7) is 0. The lowest BCUT2D eigenvalue weighted by Gasteiger charge is -2.14. The van der Waals surface area contributed by atoms with Crippen LogP contribution in [0.15, 0.2) is 59.3 Å². The molecule has 1 amide bonds. The SMILES string of the molecule is O=C(NNc1ncnc(Nc2ccccc2C(F)(F)F)c1[N+](=O)[O-])c1ccc(Br)cc1. The maximum absolute atomic E-state index is 13.2. The van der Waals surface area contributed by atoms with Gasteiger partial charge in [0.15, 0.2) is 0 Å². The highest BCUT2D eigenvalue weighted by molar-refractivity contribution is 9.10. The van der Waals surface area contributed by atoms with Crippen molar-refractivity contribution in [1.29, 1.82) is 0 Å². The van der Waals surface area contributed by atoms with Crippen molar-refractivity contribution in [3.05, 3.63) is 80.6 Å². The van der Waals surface area contributed by atoms with E-state index in [0.29, 0.717) is 0 Å². The van der Waals surface area contributed by atoms with Gasteiger partial charge in [-0.2, -0.15) is 13.2 Å². The summed E-state index contributed by atoms with van der Waals surface area (Å²) in [5.41, 5.74) is 2.61. The number of hydrogen-bond acceptors (Lipinski definition) is 7. The van der Waals surface area contributed by atoms with Crippen molar-refractivity contribution in [3.8, 4) is 0 Å². The molecule has 0 saturated carbocycles. The monoisotopic (exact) mass is 496 g/mol. The van der Waals surface area contributed by atoms with E-state index in [1.54, 1.807) is 12.1 Å². The number of aromatic nitrogens is 2. The van der Waals surface area contributed by atoms with Crippen LogP contribution in [0.25, 0.3) is 0 Å². The molecule has 3 N–H and O–H groups in total. The number of halogens is 4. The average Bonchev–Trinajstić information content (AvgIpc) is 2.72. The molecule has 0 radical (unpaired) electrons. The van der Waals surface area contributed by atoms with Crippen LogP contribution in [0.3, 0.4) is 0 Å². The van der Waals surface area contributed by atoms with E-state index < -0.39 is 45.6 Å². The van der Waals surface area contributed by atoms with Gasteiger partial charge >= 0.3 is 11.9 Å². The van der Waals surface area contributed by atoms with Crippen LogP contribution in [0.1, 0.15) is 15.9 Å². The zero-order valence-electron chi connectivity index (χ0n) is 15.3. The fourth-order valence-electron chi connectivity index (χ4n) is 2.49. The first-order valence-corrected chi connectivity index (χ1v) is 9.20. The molecular formula is C18H12BrF3N6O3. The molecule has 3 aromatic rings. The van der Waals surface area contributed by atoms with E-state index >= 15 is 0 Å². The van der Waals surface area contributed by atoms with Crippen molar-refractivity contribution >= 4 is 44.8 Å². The second-order valence-electron chi connectivity index (χ2n) is 5.93. The standard InChI is InChI=1S/C18H12BrF3N6O3/c19-11-7-5-10(6-8-11)17(29)27-26-16-14(28(30)31)15(23-9-24-16)25-13-4-2-1-3-12(13)18(20,21)22/h1-9H,(H,27,29)(H2,23,24,25,26). The lowest BCUT2D eigenvalue weighted by Crippen LogP contribution is -2.30. The second kappa shape index (κ2) is 8.95. The molecule has 0 spiro atoms. The molecule has 0 aliphatic carbocycles. The summed E-state index contributed by atoms with van der Waals surface area (Å²) < 4.78 is 40.4. The summed E-state index contributed by atoms with van der Waals surface area (Å²) >= 11 is 3.23. The number of carbonyl (C=O) groups excluding carboxylic acids is 1. The molecule has 1 aromatic heterocycles. The molecule has 0 atom stereocenters. The van der Waals surface area contributed by atoms with Crippen LogP contribution in [0, 0.1) is 10.1 Å². The first-order valence-electron chi connectivity index (χ1n) is 8.41. The Kier molecular flexibility index (Phi) is 6.34. The van der Waals surface area contributed by atoms with Gasteiger partial charge in [0.2, 0.25) is 11.6 Å². The highest BCUT2D eigenvalue weighted by atomic mass is 79.9. The summed E-state index contributed by atoms with van der Waals surface area (Å²) in [5.74, 6) is -1.52. The van der Waals surface area contributed by atoms with E-state index in [2.05, 4.69) is 42.1 Å². The third-order valence-electron chi connectivity index (χ3n) is 3.89. The minimum Gasteiger partial charge on any atom is -0.334 e. The zero-order chi connectivity index (χ0) is 22.6. The van der Waals surface area contributed by atoms with Crippen LogP contribution in [0.5, 0.6) is 0 Å². The molecule has 0 saturated heterocycles. The summed E-state index contributed by atoms with van der Waals surface area (Å²) in [4.78, 5) is 30.3. The van der Waals surface area contributed by atoms with Gasteiger partial charge in [0.1, 0.15) is 6.33 Å². The fraction of sp³-hybridized carbons (Fsp3) is 0.0556. The highest BCUT2D eigenvalue weighted by Gasteiger charge is 2.34. The van der Waals surface area contributed by atoms with Gasteiger partial charge in [-0.1, -0.05) is 28.1 Å². The second-order valence-corrected chi connectivity index (χ2v) is 6.85. The van der Waals surface area contributed by atoms with Crippen molar-refractivity contribution in [2.24, 2.45) is 0 Å². The van der Waals surface area contributed by atoms with Gasteiger partial charge in [0.05, 0.1) is 16.2 Å². The fourth-order valence-corrected chi connectivity index (χ4v) is 2.76. The Hall–Kier alpha value is -3.74. The average molecular weight is 497 g/mol. The number of alkyl halides is 3. The van der Waals surface area contributed by atoms with Crippen LogP contribution in [0.2, 0.25) is 0 Å². The number of para-hydroxylation sites is 1. The Balaban J connectivity index is 1.88. The number of nitrogens with zero attached hydrogens (tertiary/aromatic N) is 3. The molecule has 1 heterocycles. The van der Waals surface area contributed by atoms with E-state index in [-0.39, 0.29) is 5.56 Å². The van der Waals surface area contributed by atoms with Gasteiger partial charge in [0.25, 0.3) is 5.91 Å². The predicted octanol–water partition coefficient (Wildman–Crippen LogP) is 4.67. The van der Waals surface area contributed by atoms with Crippen LogP contribution in [-0.4, -0.2) is 20.8 Å². The minimum atomic E-state index is -4.69. The van der Waals surface area contributed by atoms with Crippen molar-refractivity contribution in [3.63, 3.8) is 0 Å². The Bertz CT molecular complexity index is 1130. The molecule has 0 fully saturated rings. The Morgan fingerprint density at radius 1 is 1.03 bits per heavy atom. The van der Waals surface area contributed by atoms with E-state index in [1.807, 2.05) is 0 Å². The Labute approximate surface area is 181 Å². The third-order valence-corrected chi connectivity index (χ3v) is 4.42. The molecule has 0 unspecified atom stereocenters. The van der Waals surface area contributed by atoms with Crippen molar-refractivity contribution in [2.45, 2.75) is 6.18 Å². The third kappa shape index (κ3) is 5.25. The summed E-state index contributed by atoms with van der Waals surface area (Å²) in [6, 6.07) is 10.7. The molecule has 0 bridgehead atoms. The molecule has 9 nitrogen and oxygen atoms in total. The van der Waals surface area contributed by atoms with Gasteiger partial charge in [0, 0.05) is 10.0 Å². The Morgan fingerprint density at radius 2 is 1.68 bits per heavy atom. The maximum atomic E-state index is 13.2. The first kappa shape index (κ1) is 22.0. The molecule has 13 heteroatoms. The van der Waals surface area contributed by atoms with Gasteiger partial charge in [-0.25, -0.2) is 9.97 Å². The number of amides is 1. The van der Waals surface area contributed by atoms with Gasteiger partial charge in [-0.15, -0.1) is 0 Å². The molecule has 160 valence electrons. The number of rotatable bonds is 6. The lowest BCUT2D eigenvalue weighted by molar-refractivity contribution is -0.383. The summed E-state index contributed by atoms with van der Waals surface area (Å²) in [5, 5.41) is 13.9. The van der Waals surface area contributed by atoms with E-state index in [0.717, 1.165) is 22.9 Å². The van der Waals surface area contributed by atoms with Crippen LogP contribution in [0.4, 0.5) is 36.2 Å². The molecule has 0 aliphatic heterocycles. The number of hydrazine groups is 1. The number of nitro groups is 1. The van der Waals surface area contributed by atoms with Crippen LogP contribution < -0.4 is 16.2 Å². The summed E-state index contributed by atoms with van der Waals surface area (Å²) in [6.07, 6.45) is -3.79. The summed E-state index contributed by atoms with van der Waals surface area (Å²) in [7, 11) is 0. The minimum absolute atomic E-state index is 0.255. The van der Waals surface area contributed by atoms with E-state index in [9.17, 15) is 28.1 Å². The highest BCUT2D eigenvalue weighted by Crippen LogP contribution is 2.38. The van der Waals surface area contributed by atoms with Gasteiger partial charge in [-0.3, -0.25) is 25.8 Å². The molecule has 3 rings (SSSR count). The van der Waals surface area contributed by atoms with Crippen molar-refractivity contribution in [2.75, 3.05) is 10.7 Å². The van der Waals surface area contributed by atoms with Crippen LogP contribution in [-0.2, 0) is 6.18 Å². The molecule has 31 heavy (non-hydrogen) atoms. The lowest BCUT2D eigenvalue weighted by atomic mass is 10.1. The molecular weight excluding hydrogens is 485 g/mol. The van der Waals surface area contributed by atoms with Gasteiger partial charge < -0.3 is 5.32 Å². The zero-order valence-corrected chi connectivity index (χ0v) is 16.9. The van der Waals surface area contributed by atoms with E-state index in [4.69, 9.17) is 0 Å². The van der Waals surface area contributed by atoms with Crippen molar-refractivity contribution < 1.29 is 22.9 Å². The van der Waals surface area contributed by atoms with Crippen LogP contribution >= 0.6 is 15.9 Å². The number of benzene rings is 2. The number of anilines is 3. The van der Waals surface area contributed by atoms with E-state index in [1.165, 1.54) is 24.3 Å². The number of nitrogens with one attached hydrogen (secondary N) is 3. The van der Waals surface area contributed by atoms with Crippen molar-refractivity contribution in [1.82, 2.24) is 15.4 Å². The Morgan fingerprint density at radius 3 is 2.32 bits per heavy atom. The predicted molar refractivity (Wildman–Crippen MR) is 109 cm³/mol. The molecule has 0 aliphatic rings. The number of hydrogen-bond donors (Lipinski definition) is 3. The smallest absolute Gasteiger partial charge is 0.334 e. The largest absolute Gasteiger partial charge is 0.418 e. The molecule has 2 aromatic carbocycles. The van der Waals surface area contributed by atoms with Gasteiger partial charge in [-0.05, 0) is 36.4 Å². The quantitative estimate of drug-likeness (QED) is 0.334.